The molecule has 1 amide bonds. The van der Waals surface area contributed by atoms with Gasteiger partial charge in [-0.1, -0.05) is 28.1 Å². The Bertz CT molecular complexity index is 444. The summed E-state index contributed by atoms with van der Waals surface area (Å²) in [6.45, 7) is 6.66. The molecule has 0 aromatic heterocycles. The van der Waals surface area contributed by atoms with Crippen LogP contribution in [0.1, 0.15) is 25.5 Å². The van der Waals surface area contributed by atoms with Crippen LogP contribution in [0, 0.1) is 0 Å². The molecule has 1 aliphatic heterocycles. The smallest absolute Gasteiger partial charge is 0.239 e. The fourth-order valence-electron chi connectivity index (χ4n) is 2.35. The first kappa shape index (κ1) is 15.5. The molecule has 1 heterocycles. The highest BCUT2D eigenvalue weighted by molar-refractivity contribution is 9.10. The largest absolute Gasteiger partial charge is 0.378 e. The molecule has 5 heteroatoms. The van der Waals surface area contributed by atoms with Gasteiger partial charge in [-0.25, -0.2) is 0 Å². The topological polar surface area (TPSA) is 41.6 Å². The van der Waals surface area contributed by atoms with Crippen molar-refractivity contribution in [3.63, 3.8) is 0 Å². The summed E-state index contributed by atoms with van der Waals surface area (Å²) in [6, 6.07) is 8.11. The number of halogens is 1. The first-order valence-corrected chi connectivity index (χ1v) is 7.75. The van der Waals surface area contributed by atoms with Gasteiger partial charge in [0, 0.05) is 23.6 Å². The molecule has 0 saturated carbocycles. The van der Waals surface area contributed by atoms with Gasteiger partial charge in [-0.05, 0) is 31.5 Å². The zero-order chi connectivity index (χ0) is 14.5. The Morgan fingerprint density at radius 1 is 1.25 bits per heavy atom. The molecule has 0 radical (unpaired) electrons. The van der Waals surface area contributed by atoms with Gasteiger partial charge in [0.15, 0.2) is 0 Å². The Kier molecular flexibility index (Phi) is 5.57. The molecular formula is C15H21BrN2O2. The van der Waals surface area contributed by atoms with E-state index in [0.717, 1.165) is 4.47 Å². The first-order valence-electron chi connectivity index (χ1n) is 6.96. The number of rotatable bonds is 4. The van der Waals surface area contributed by atoms with E-state index in [-0.39, 0.29) is 18.0 Å². The van der Waals surface area contributed by atoms with Crippen LogP contribution in [-0.4, -0.2) is 43.2 Å². The van der Waals surface area contributed by atoms with Crippen molar-refractivity contribution in [1.29, 1.82) is 0 Å². The number of hydrogen-bond acceptors (Lipinski definition) is 3. The van der Waals surface area contributed by atoms with Crippen molar-refractivity contribution in [3.8, 4) is 0 Å². The molecule has 1 saturated heterocycles. The second-order valence-electron chi connectivity index (χ2n) is 5.10. The lowest BCUT2D eigenvalue weighted by atomic mass is 10.1. The van der Waals surface area contributed by atoms with Gasteiger partial charge < -0.3 is 9.64 Å². The van der Waals surface area contributed by atoms with Crippen LogP contribution < -0.4 is 5.32 Å². The van der Waals surface area contributed by atoms with Crippen LogP contribution in [0.15, 0.2) is 28.7 Å². The van der Waals surface area contributed by atoms with Crippen LogP contribution in [0.2, 0.25) is 0 Å². The monoisotopic (exact) mass is 340 g/mol. The lowest BCUT2D eigenvalue weighted by Gasteiger charge is -2.30. The lowest BCUT2D eigenvalue weighted by molar-refractivity contribution is -0.137. The summed E-state index contributed by atoms with van der Waals surface area (Å²) in [4.78, 5) is 14.2. The Morgan fingerprint density at radius 2 is 1.85 bits per heavy atom. The molecule has 110 valence electrons. The van der Waals surface area contributed by atoms with Gasteiger partial charge in [0.2, 0.25) is 5.91 Å². The molecule has 1 aromatic rings. The summed E-state index contributed by atoms with van der Waals surface area (Å²) >= 11 is 3.43. The first-order chi connectivity index (χ1) is 9.58. The third kappa shape index (κ3) is 4.04. The minimum Gasteiger partial charge on any atom is -0.378 e. The number of carbonyl (C=O) groups excluding carboxylic acids is 1. The van der Waals surface area contributed by atoms with Gasteiger partial charge in [-0.3, -0.25) is 10.1 Å². The lowest BCUT2D eigenvalue weighted by Crippen LogP contribution is -2.49. The average Bonchev–Trinajstić information content (AvgIpc) is 2.48. The van der Waals surface area contributed by atoms with Crippen LogP contribution in [0.3, 0.4) is 0 Å². The molecule has 1 aromatic carbocycles. The molecule has 4 nitrogen and oxygen atoms in total. The van der Waals surface area contributed by atoms with Crippen LogP contribution >= 0.6 is 15.9 Å². The number of ether oxygens (including phenoxy) is 1. The van der Waals surface area contributed by atoms with Crippen LogP contribution in [0.4, 0.5) is 0 Å². The maximum Gasteiger partial charge on any atom is 0.239 e. The highest BCUT2D eigenvalue weighted by Crippen LogP contribution is 2.17. The fraction of sp³-hybridized carbons (Fsp3) is 0.533. The molecular weight excluding hydrogens is 320 g/mol. The number of nitrogens with one attached hydrogen (secondary N) is 1. The van der Waals surface area contributed by atoms with Gasteiger partial charge in [0.05, 0.1) is 19.3 Å². The summed E-state index contributed by atoms with van der Waals surface area (Å²) in [5, 5.41) is 3.37. The van der Waals surface area contributed by atoms with E-state index in [1.54, 1.807) is 0 Å². The van der Waals surface area contributed by atoms with E-state index in [1.807, 2.05) is 24.0 Å². The summed E-state index contributed by atoms with van der Waals surface area (Å²) in [5.41, 5.74) is 1.18. The normalized spacial score (nSPS) is 18.6. The standard InChI is InChI=1S/C15H21BrN2O2/c1-11(13-3-5-14(16)6-4-13)17-12(2)15(19)18-7-9-20-10-8-18/h3-6,11-12,17H,7-10H2,1-2H3/t11-,12?/m0/s1. The quantitative estimate of drug-likeness (QED) is 0.914. The Balaban J connectivity index is 1.91. The van der Waals surface area contributed by atoms with Crippen LogP contribution in [0.5, 0.6) is 0 Å². The minimum atomic E-state index is -0.188. The third-order valence-electron chi connectivity index (χ3n) is 3.56. The van der Waals surface area contributed by atoms with E-state index >= 15 is 0 Å². The van der Waals surface area contributed by atoms with Crippen molar-refractivity contribution in [2.24, 2.45) is 0 Å². The maximum atomic E-state index is 12.3. The molecule has 0 bridgehead atoms. The zero-order valence-electron chi connectivity index (χ0n) is 11.9. The highest BCUT2D eigenvalue weighted by Gasteiger charge is 2.23. The van der Waals surface area contributed by atoms with Crippen LogP contribution in [0.25, 0.3) is 0 Å². The van der Waals surface area contributed by atoms with Crippen molar-refractivity contribution < 1.29 is 9.53 Å². The predicted octanol–water partition coefficient (Wildman–Crippen LogP) is 2.35. The zero-order valence-corrected chi connectivity index (χ0v) is 13.5. The van der Waals surface area contributed by atoms with E-state index in [1.165, 1.54) is 5.56 Å². The Hall–Kier alpha value is -0.910. The van der Waals surface area contributed by atoms with Gasteiger partial charge >= 0.3 is 0 Å². The molecule has 1 aliphatic rings. The minimum absolute atomic E-state index is 0.142. The summed E-state index contributed by atoms with van der Waals surface area (Å²) < 4.78 is 6.33. The number of hydrogen-bond donors (Lipinski definition) is 1. The Labute approximate surface area is 128 Å². The maximum absolute atomic E-state index is 12.3. The number of benzene rings is 1. The second kappa shape index (κ2) is 7.20. The van der Waals surface area contributed by atoms with Crippen molar-refractivity contribution in [1.82, 2.24) is 10.2 Å². The van der Waals surface area contributed by atoms with E-state index in [2.05, 4.69) is 40.3 Å². The van der Waals surface area contributed by atoms with E-state index < -0.39 is 0 Å². The number of carbonyl (C=O) groups is 1. The highest BCUT2D eigenvalue weighted by atomic mass is 79.9. The number of nitrogens with zero attached hydrogens (tertiary/aromatic N) is 1. The second-order valence-corrected chi connectivity index (χ2v) is 6.01. The molecule has 1 unspecified atom stereocenters. The average molecular weight is 341 g/mol. The Morgan fingerprint density at radius 3 is 2.45 bits per heavy atom. The van der Waals surface area contributed by atoms with Gasteiger partial charge in [0.25, 0.3) is 0 Å². The van der Waals surface area contributed by atoms with Gasteiger partial charge in [0.1, 0.15) is 0 Å². The van der Waals surface area contributed by atoms with Crippen molar-refractivity contribution >= 4 is 21.8 Å². The van der Waals surface area contributed by atoms with Crippen molar-refractivity contribution in [2.45, 2.75) is 25.9 Å². The molecule has 2 rings (SSSR count). The van der Waals surface area contributed by atoms with Crippen molar-refractivity contribution in [2.75, 3.05) is 26.3 Å². The number of amides is 1. The molecule has 1 fully saturated rings. The molecule has 20 heavy (non-hydrogen) atoms. The summed E-state index contributed by atoms with van der Waals surface area (Å²) in [5.74, 6) is 0.150. The molecule has 1 N–H and O–H groups in total. The molecule has 2 atom stereocenters. The van der Waals surface area contributed by atoms with E-state index in [0.29, 0.717) is 26.3 Å². The molecule has 0 aliphatic carbocycles. The van der Waals surface area contributed by atoms with Gasteiger partial charge in [-0.2, -0.15) is 0 Å². The molecule has 0 spiro atoms. The van der Waals surface area contributed by atoms with Crippen LogP contribution in [-0.2, 0) is 9.53 Å². The fourth-order valence-corrected chi connectivity index (χ4v) is 2.62. The van der Waals surface area contributed by atoms with E-state index in [4.69, 9.17) is 4.74 Å². The van der Waals surface area contributed by atoms with E-state index in [9.17, 15) is 4.79 Å². The predicted molar refractivity (Wildman–Crippen MR) is 82.6 cm³/mol. The SMILES string of the molecule is CC(N[C@@H](C)c1ccc(Br)cc1)C(=O)N1CCOCC1. The third-order valence-corrected chi connectivity index (χ3v) is 4.09. The van der Waals surface area contributed by atoms with Crippen molar-refractivity contribution in [3.05, 3.63) is 34.3 Å². The number of morpholine rings is 1. The summed E-state index contributed by atoms with van der Waals surface area (Å²) in [6.07, 6.45) is 0. The summed E-state index contributed by atoms with van der Waals surface area (Å²) in [7, 11) is 0. The van der Waals surface area contributed by atoms with Gasteiger partial charge in [-0.15, -0.1) is 0 Å².